The van der Waals surface area contributed by atoms with Gasteiger partial charge in [0.05, 0.1) is 19.1 Å². The van der Waals surface area contributed by atoms with E-state index in [1.807, 2.05) is 31.2 Å². The third-order valence-electron chi connectivity index (χ3n) is 3.12. The number of rotatable bonds is 4. The standard InChI is InChI=1S/C13H17NO2.ClH/c1-3-16-12(14)13(8-9-13)10-4-6-11(15-2)7-5-10;/h4-7,14H,3,8-9H2,1-2H3;1H. The summed E-state index contributed by atoms with van der Waals surface area (Å²) in [6.45, 7) is 2.48. The zero-order chi connectivity index (χ0) is 11.6. The van der Waals surface area contributed by atoms with Crippen molar-refractivity contribution in [2.45, 2.75) is 25.2 Å². The molecule has 0 heterocycles. The summed E-state index contributed by atoms with van der Waals surface area (Å²) in [5, 5.41) is 7.94. The lowest BCUT2D eigenvalue weighted by Gasteiger charge is -2.17. The van der Waals surface area contributed by atoms with Gasteiger partial charge < -0.3 is 9.47 Å². The molecule has 0 bridgehead atoms. The van der Waals surface area contributed by atoms with Gasteiger partial charge in [0.15, 0.2) is 5.90 Å². The lowest BCUT2D eigenvalue weighted by molar-refractivity contribution is 0.305. The minimum Gasteiger partial charge on any atom is -0.497 e. The van der Waals surface area contributed by atoms with Crippen molar-refractivity contribution in [1.29, 1.82) is 5.41 Å². The van der Waals surface area contributed by atoms with E-state index in [9.17, 15) is 0 Å². The average Bonchev–Trinajstić information content (AvgIpc) is 3.11. The predicted octanol–water partition coefficient (Wildman–Crippen LogP) is 3.16. The van der Waals surface area contributed by atoms with Crippen LogP contribution >= 0.6 is 12.4 Å². The van der Waals surface area contributed by atoms with Gasteiger partial charge in [-0.1, -0.05) is 12.1 Å². The largest absolute Gasteiger partial charge is 0.497 e. The Kier molecular flexibility index (Phi) is 4.40. The van der Waals surface area contributed by atoms with Crippen molar-refractivity contribution in [1.82, 2.24) is 0 Å². The Bertz CT molecular complexity index is 385. The van der Waals surface area contributed by atoms with Gasteiger partial charge in [-0.15, -0.1) is 12.4 Å². The first-order chi connectivity index (χ1) is 7.73. The van der Waals surface area contributed by atoms with E-state index in [0.717, 1.165) is 24.2 Å². The van der Waals surface area contributed by atoms with Crippen LogP contribution in [0.25, 0.3) is 0 Å². The Morgan fingerprint density at radius 3 is 2.29 bits per heavy atom. The summed E-state index contributed by atoms with van der Waals surface area (Å²) < 4.78 is 10.5. The van der Waals surface area contributed by atoms with E-state index in [1.54, 1.807) is 7.11 Å². The first-order valence-corrected chi connectivity index (χ1v) is 5.59. The smallest absolute Gasteiger partial charge is 0.191 e. The van der Waals surface area contributed by atoms with E-state index in [0.29, 0.717) is 12.5 Å². The molecule has 4 heteroatoms. The Hall–Kier alpha value is -1.22. The second kappa shape index (κ2) is 5.41. The number of hydrogen-bond acceptors (Lipinski definition) is 3. The molecule has 2 rings (SSSR count). The fourth-order valence-corrected chi connectivity index (χ4v) is 1.96. The summed E-state index contributed by atoms with van der Waals surface area (Å²) in [6.07, 6.45) is 2.02. The topological polar surface area (TPSA) is 42.3 Å². The van der Waals surface area contributed by atoms with Crippen LogP contribution in [0.1, 0.15) is 25.3 Å². The molecule has 94 valence electrons. The molecule has 0 radical (unpaired) electrons. The van der Waals surface area contributed by atoms with Crippen LogP contribution in [0, 0.1) is 5.41 Å². The van der Waals surface area contributed by atoms with Gasteiger partial charge in [-0.25, -0.2) is 0 Å². The van der Waals surface area contributed by atoms with Gasteiger partial charge in [-0.3, -0.25) is 5.41 Å². The van der Waals surface area contributed by atoms with E-state index in [1.165, 1.54) is 0 Å². The van der Waals surface area contributed by atoms with Crippen LogP contribution in [0.15, 0.2) is 24.3 Å². The van der Waals surface area contributed by atoms with Gasteiger partial charge in [0.25, 0.3) is 0 Å². The van der Waals surface area contributed by atoms with Gasteiger partial charge in [0.1, 0.15) is 5.75 Å². The summed E-state index contributed by atoms with van der Waals surface area (Å²) >= 11 is 0. The Balaban J connectivity index is 0.00000144. The number of methoxy groups -OCH3 is 1. The number of ether oxygens (including phenoxy) is 2. The van der Waals surface area contributed by atoms with Crippen molar-refractivity contribution in [2.24, 2.45) is 0 Å². The fourth-order valence-electron chi connectivity index (χ4n) is 1.96. The van der Waals surface area contributed by atoms with Crippen LogP contribution in [0.5, 0.6) is 5.75 Å². The van der Waals surface area contributed by atoms with Crippen molar-refractivity contribution in [2.75, 3.05) is 13.7 Å². The molecule has 0 amide bonds. The minimum atomic E-state index is -0.151. The van der Waals surface area contributed by atoms with Gasteiger partial charge in [-0.2, -0.15) is 0 Å². The van der Waals surface area contributed by atoms with E-state index in [4.69, 9.17) is 14.9 Å². The molecule has 0 saturated heterocycles. The zero-order valence-electron chi connectivity index (χ0n) is 10.2. The van der Waals surface area contributed by atoms with Gasteiger partial charge in [-0.05, 0) is 37.5 Å². The molecule has 1 aliphatic carbocycles. The van der Waals surface area contributed by atoms with Gasteiger partial charge >= 0.3 is 0 Å². The highest BCUT2D eigenvalue weighted by atomic mass is 35.5. The van der Waals surface area contributed by atoms with E-state index >= 15 is 0 Å². The maximum absolute atomic E-state index is 7.94. The minimum absolute atomic E-state index is 0. The molecule has 0 unspecified atom stereocenters. The van der Waals surface area contributed by atoms with Crippen molar-refractivity contribution in [3.8, 4) is 5.75 Å². The lowest BCUT2D eigenvalue weighted by Crippen LogP contribution is -2.22. The second-order valence-corrected chi connectivity index (χ2v) is 4.07. The molecule has 1 N–H and O–H groups in total. The highest BCUT2D eigenvalue weighted by molar-refractivity contribution is 5.88. The van der Waals surface area contributed by atoms with Crippen LogP contribution in [0.2, 0.25) is 0 Å². The maximum Gasteiger partial charge on any atom is 0.191 e. The molecular weight excluding hydrogens is 238 g/mol. The third-order valence-corrected chi connectivity index (χ3v) is 3.12. The normalized spacial score (nSPS) is 15.6. The molecule has 0 spiro atoms. The number of hydrogen-bond donors (Lipinski definition) is 1. The number of halogens is 1. The Morgan fingerprint density at radius 1 is 1.29 bits per heavy atom. The van der Waals surface area contributed by atoms with Crippen LogP contribution < -0.4 is 4.74 Å². The molecule has 1 aliphatic rings. The molecule has 1 aromatic carbocycles. The van der Waals surface area contributed by atoms with E-state index in [2.05, 4.69) is 0 Å². The van der Waals surface area contributed by atoms with Crippen molar-refractivity contribution in [3.05, 3.63) is 29.8 Å². The molecule has 1 fully saturated rings. The lowest BCUT2D eigenvalue weighted by atomic mass is 9.96. The van der Waals surface area contributed by atoms with Crippen LogP contribution in [0.4, 0.5) is 0 Å². The van der Waals surface area contributed by atoms with Gasteiger partial charge in [0.2, 0.25) is 0 Å². The first-order valence-electron chi connectivity index (χ1n) is 5.59. The number of nitrogens with one attached hydrogen (secondary N) is 1. The molecule has 17 heavy (non-hydrogen) atoms. The second-order valence-electron chi connectivity index (χ2n) is 4.07. The van der Waals surface area contributed by atoms with Crippen molar-refractivity contribution < 1.29 is 9.47 Å². The fraction of sp³-hybridized carbons (Fsp3) is 0.462. The molecule has 1 aromatic rings. The third kappa shape index (κ3) is 2.55. The highest BCUT2D eigenvalue weighted by Crippen LogP contribution is 2.49. The van der Waals surface area contributed by atoms with E-state index < -0.39 is 0 Å². The van der Waals surface area contributed by atoms with Gasteiger partial charge in [0, 0.05) is 0 Å². The molecule has 0 aromatic heterocycles. The van der Waals surface area contributed by atoms with Crippen LogP contribution in [0.3, 0.4) is 0 Å². The molecule has 0 atom stereocenters. The average molecular weight is 256 g/mol. The SMILES string of the molecule is CCOC(=N)C1(c2ccc(OC)cc2)CC1.Cl. The van der Waals surface area contributed by atoms with Crippen LogP contribution in [-0.4, -0.2) is 19.6 Å². The van der Waals surface area contributed by atoms with E-state index in [-0.39, 0.29) is 17.8 Å². The summed E-state index contributed by atoms with van der Waals surface area (Å²) in [5.41, 5.74) is 1.01. The predicted molar refractivity (Wildman–Crippen MR) is 70.5 cm³/mol. The van der Waals surface area contributed by atoms with Crippen molar-refractivity contribution >= 4 is 18.3 Å². The maximum atomic E-state index is 7.94. The summed E-state index contributed by atoms with van der Waals surface area (Å²) in [6, 6.07) is 7.93. The molecule has 0 aliphatic heterocycles. The van der Waals surface area contributed by atoms with Crippen LogP contribution in [-0.2, 0) is 10.2 Å². The Labute approximate surface area is 108 Å². The highest BCUT2D eigenvalue weighted by Gasteiger charge is 2.49. The summed E-state index contributed by atoms with van der Waals surface area (Å²) in [5.74, 6) is 1.25. The first kappa shape index (κ1) is 13.8. The summed E-state index contributed by atoms with van der Waals surface area (Å²) in [4.78, 5) is 0. The molecule has 1 saturated carbocycles. The molecule has 3 nitrogen and oxygen atoms in total. The molecular formula is C13H18ClNO2. The zero-order valence-corrected chi connectivity index (χ0v) is 11.0. The summed E-state index contributed by atoms with van der Waals surface area (Å²) in [7, 11) is 1.66. The quantitative estimate of drug-likeness (QED) is 0.663. The van der Waals surface area contributed by atoms with Crippen molar-refractivity contribution in [3.63, 3.8) is 0 Å². The number of benzene rings is 1. The Morgan fingerprint density at radius 2 is 1.88 bits per heavy atom. The monoisotopic (exact) mass is 255 g/mol.